The van der Waals surface area contributed by atoms with Crippen molar-refractivity contribution >= 4 is 11.9 Å². The van der Waals surface area contributed by atoms with Gasteiger partial charge in [0.25, 0.3) is 0 Å². The number of aliphatic carboxylic acids is 1. The summed E-state index contributed by atoms with van der Waals surface area (Å²) in [7, 11) is 0. The van der Waals surface area contributed by atoms with Crippen molar-refractivity contribution in [1.29, 1.82) is 0 Å². The number of ether oxygens (including phenoxy) is 1. The fourth-order valence-electron chi connectivity index (χ4n) is 3.29. The lowest BCUT2D eigenvalue weighted by Gasteiger charge is -2.20. The first kappa shape index (κ1) is 27.3. The number of carbonyl (C=O) groups is 2. The molecular formula is C23H42N2O4. The molecular weight excluding hydrogens is 368 g/mol. The predicted molar refractivity (Wildman–Crippen MR) is 119 cm³/mol. The Morgan fingerprint density at radius 1 is 0.966 bits per heavy atom. The maximum Gasteiger partial charge on any atom is 0.331 e. The van der Waals surface area contributed by atoms with Crippen molar-refractivity contribution in [2.24, 2.45) is 5.92 Å². The summed E-state index contributed by atoms with van der Waals surface area (Å²) in [6.45, 7) is 18.5. The molecule has 0 saturated carbocycles. The van der Waals surface area contributed by atoms with Gasteiger partial charge in [-0.3, -0.25) is 0 Å². The Labute approximate surface area is 177 Å². The third kappa shape index (κ3) is 13.2. The van der Waals surface area contributed by atoms with Crippen LogP contribution < -0.4 is 0 Å². The van der Waals surface area contributed by atoms with Crippen molar-refractivity contribution in [2.45, 2.75) is 59.8 Å². The minimum atomic E-state index is -1.03. The molecule has 6 nitrogen and oxygen atoms in total. The zero-order valence-corrected chi connectivity index (χ0v) is 19.0. The molecule has 0 bridgehead atoms. The molecule has 0 fully saturated rings. The quantitative estimate of drug-likeness (QED) is 0.209. The van der Waals surface area contributed by atoms with E-state index in [0.717, 1.165) is 65.0 Å². The fraction of sp³-hybridized carbons (Fsp3) is 0.739. The van der Waals surface area contributed by atoms with Gasteiger partial charge in [0.1, 0.15) is 0 Å². The first-order valence-corrected chi connectivity index (χ1v) is 11.1. The molecule has 29 heavy (non-hydrogen) atoms. The van der Waals surface area contributed by atoms with Crippen LogP contribution in [0.15, 0.2) is 24.3 Å². The molecule has 1 atom stereocenters. The standard InChI is InChI=1S/C23H42N2O4/c1-6-15-25(16-7-2)18-11-19-29-22(26)14-13-21(20(5)23(27)28)12-10-17-24(8-3)9-4/h13-14,21H,5-12,15-19H2,1-4H3,(H,27,28). The fourth-order valence-corrected chi connectivity index (χ4v) is 3.29. The minimum absolute atomic E-state index is 0.114. The van der Waals surface area contributed by atoms with Gasteiger partial charge in [-0.1, -0.05) is 40.3 Å². The summed E-state index contributed by atoms with van der Waals surface area (Å²) in [6.07, 6.45) is 7.51. The van der Waals surface area contributed by atoms with Crippen molar-refractivity contribution in [3.8, 4) is 0 Å². The molecule has 1 unspecified atom stereocenters. The number of allylic oxidation sites excluding steroid dienone is 1. The second-order valence-electron chi connectivity index (χ2n) is 7.33. The normalized spacial score (nSPS) is 12.6. The van der Waals surface area contributed by atoms with Crippen LogP contribution in [0.5, 0.6) is 0 Å². The van der Waals surface area contributed by atoms with E-state index >= 15 is 0 Å². The van der Waals surface area contributed by atoms with Crippen LogP contribution in [0.25, 0.3) is 0 Å². The van der Waals surface area contributed by atoms with Crippen molar-refractivity contribution in [3.63, 3.8) is 0 Å². The summed E-state index contributed by atoms with van der Waals surface area (Å²) >= 11 is 0. The monoisotopic (exact) mass is 410 g/mol. The Kier molecular flexibility index (Phi) is 16.2. The molecule has 0 spiro atoms. The lowest BCUT2D eigenvalue weighted by atomic mass is 9.94. The Bertz CT molecular complexity index is 495. The molecule has 0 aromatic heterocycles. The van der Waals surface area contributed by atoms with Crippen molar-refractivity contribution in [2.75, 3.05) is 45.9 Å². The van der Waals surface area contributed by atoms with Gasteiger partial charge >= 0.3 is 11.9 Å². The van der Waals surface area contributed by atoms with E-state index in [4.69, 9.17) is 4.74 Å². The van der Waals surface area contributed by atoms with Crippen LogP contribution >= 0.6 is 0 Å². The average molecular weight is 411 g/mol. The molecule has 0 amide bonds. The molecule has 0 aliphatic carbocycles. The van der Waals surface area contributed by atoms with E-state index < -0.39 is 11.9 Å². The Morgan fingerprint density at radius 3 is 2.07 bits per heavy atom. The molecule has 0 aliphatic rings. The summed E-state index contributed by atoms with van der Waals surface area (Å²) in [5.41, 5.74) is 0.114. The van der Waals surface area contributed by atoms with E-state index in [2.05, 4.69) is 44.1 Å². The number of hydrogen-bond acceptors (Lipinski definition) is 5. The van der Waals surface area contributed by atoms with Crippen molar-refractivity contribution in [3.05, 3.63) is 24.3 Å². The topological polar surface area (TPSA) is 70.1 Å². The molecule has 0 aliphatic heterocycles. The Morgan fingerprint density at radius 2 is 1.55 bits per heavy atom. The third-order valence-corrected chi connectivity index (χ3v) is 5.01. The number of esters is 1. The number of carboxylic acids is 1. The second kappa shape index (κ2) is 17.2. The van der Waals surface area contributed by atoms with E-state index in [0.29, 0.717) is 13.0 Å². The molecule has 6 heteroatoms. The van der Waals surface area contributed by atoms with Crippen LogP contribution in [0.1, 0.15) is 59.8 Å². The number of carboxylic acid groups (broad SMARTS) is 1. The lowest BCUT2D eigenvalue weighted by molar-refractivity contribution is -0.138. The number of carbonyl (C=O) groups excluding carboxylic acids is 1. The molecule has 168 valence electrons. The zero-order valence-electron chi connectivity index (χ0n) is 19.0. The number of rotatable bonds is 18. The van der Waals surface area contributed by atoms with Gasteiger partial charge < -0.3 is 19.6 Å². The predicted octanol–water partition coefficient (Wildman–Crippen LogP) is 3.98. The summed E-state index contributed by atoms with van der Waals surface area (Å²) in [4.78, 5) is 28.0. The van der Waals surface area contributed by atoms with E-state index in [1.54, 1.807) is 6.08 Å². The van der Waals surface area contributed by atoms with Crippen LogP contribution in [0.2, 0.25) is 0 Å². The van der Waals surface area contributed by atoms with E-state index in [-0.39, 0.29) is 11.5 Å². The highest BCUT2D eigenvalue weighted by Gasteiger charge is 2.16. The zero-order chi connectivity index (χ0) is 22.1. The van der Waals surface area contributed by atoms with Crippen LogP contribution in [-0.2, 0) is 14.3 Å². The Balaban J connectivity index is 4.48. The average Bonchev–Trinajstić information content (AvgIpc) is 2.70. The van der Waals surface area contributed by atoms with E-state index in [9.17, 15) is 14.7 Å². The molecule has 0 heterocycles. The van der Waals surface area contributed by atoms with Gasteiger partial charge in [-0.2, -0.15) is 0 Å². The summed E-state index contributed by atoms with van der Waals surface area (Å²) in [5.74, 6) is -1.81. The first-order chi connectivity index (χ1) is 13.9. The van der Waals surface area contributed by atoms with Crippen LogP contribution in [0.3, 0.4) is 0 Å². The Hall–Kier alpha value is -1.66. The number of nitrogens with zero attached hydrogens (tertiary/aromatic N) is 2. The van der Waals surface area contributed by atoms with Gasteiger partial charge in [-0.05, 0) is 64.8 Å². The van der Waals surface area contributed by atoms with Crippen LogP contribution in [0.4, 0.5) is 0 Å². The summed E-state index contributed by atoms with van der Waals surface area (Å²) < 4.78 is 5.28. The van der Waals surface area contributed by atoms with Crippen LogP contribution in [-0.4, -0.2) is 72.7 Å². The van der Waals surface area contributed by atoms with E-state index in [1.165, 1.54) is 6.08 Å². The smallest absolute Gasteiger partial charge is 0.331 e. The largest absolute Gasteiger partial charge is 0.478 e. The highest BCUT2D eigenvalue weighted by molar-refractivity contribution is 5.87. The SMILES string of the molecule is C=C(C(=O)O)C(C=CC(=O)OCCCN(CCC)CCC)CCCN(CC)CC. The van der Waals surface area contributed by atoms with E-state index in [1.807, 2.05) is 0 Å². The molecule has 0 radical (unpaired) electrons. The molecule has 0 aromatic rings. The highest BCUT2D eigenvalue weighted by Crippen LogP contribution is 2.18. The number of hydrogen-bond donors (Lipinski definition) is 1. The maximum absolute atomic E-state index is 12.0. The van der Waals surface area contributed by atoms with Gasteiger partial charge in [-0.25, -0.2) is 9.59 Å². The van der Waals surface area contributed by atoms with Gasteiger partial charge in [0.05, 0.1) is 6.61 Å². The van der Waals surface area contributed by atoms with Crippen molar-refractivity contribution < 1.29 is 19.4 Å². The summed E-state index contributed by atoms with van der Waals surface area (Å²) in [5, 5.41) is 9.27. The molecule has 0 saturated heterocycles. The van der Waals surface area contributed by atoms with Gasteiger partial charge in [0.2, 0.25) is 0 Å². The summed E-state index contributed by atoms with van der Waals surface area (Å²) in [6, 6.07) is 0. The first-order valence-electron chi connectivity index (χ1n) is 11.1. The highest BCUT2D eigenvalue weighted by atomic mass is 16.5. The lowest BCUT2D eigenvalue weighted by Crippen LogP contribution is -2.27. The third-order valence-electron chi connectivity index (χ3n) is 5.01. The maximum atomic E-state index is 12.0. The van der Waals surface area contributed by atoms with Gasteiger partial charge in [0.15, 0.2) is 0 Å². The second-order valence-corrected chi connectivity index (χ2v) is 7.33. The van der Waals surface area contributed by atoms with Crippen LogP contribution in [0, 0.1) is 5.92 Å². The van der Waals surface area contributed by atoms with Gasteiger partial charge in [-0.15, -0.1) is 0 Å². The molecule has 0 rings (SSSR count). The minimum Gasteiger partial charge on any atom is -0.478 e. The molecule has 0 aromatic carbocycles. The molecule has 1 N–H and O–H groups in total. The van der Waals surface area contributed by atoms with Gasteiger partial charge in [0, 0.05) is 24.1 Å². The van der Waals surface area contributed by atoms with Crippen molar-refractivity contribution in [1.82, 2.24) is 9.80 Å².